The fraction of sp³-hybridized carbons (Fsp3) is 0.571. The summed E-state index contributed by atoms with van der Waals surface area (Å²) in [5.41, 5.74) is 1.83. The molecule has 0 bridgehead atoms. The molecule has 154 valence electrons. The molecule has 1 N–H and O–H groups in total. The zero-order valence-corrected chi connectivity index (χ0v) is 17.2. The Balaban J connectivity index is 1.81. The Morgan fingerprint density at radius 3 is 2.39 bits per heavy atom. The summed E-state index contributed by atoms with van der Waals surface area (Å²) in [7, 11) is 1.64. The van der Waals surface area contributed by atoms with Gasteiger partial charge in [0.25, 0.3) is 0 Å². The van der Waals surface area contributed by atoms with Gasteiger partial charge in [0, 0.05) is 12.7 Å². The van der Waals surface area contributed by atoms with Gasteiger partial charge in [-0.05, 0) is 58.8 Å². The van der Waals surface area contributed by atoms with E-state index in [4.69, 9.17) is 4.74 Å². The van der Waals surface area contributed by atoms with Crippen LogP contribution in [0.1, 0.15) is 32.3 Å². The first-order valence-electron chi connectivity index (χ1n) is 9.84. The molecule has 1 aliphatic heterocycles. The molecule has 2 rings (SSSR count). The van der Waals surface area contributed by atoms with Crippen molar-refractivity contribution in [1.29, 1.82) is 0 Å². The second-order valence-corrected chi connectivity index (χ2v) is 7.35. The number of likely N-dealkylation sites (N-methyl/N-ethyl adjacent to an activating group) is 1. The number of amides is 2. The summed E-state index contributed by atoms with van der Waals surface area (Å²) >= 11 is 0. The number of nitrogens with one attached hydrogen (secondary N) is 1. The number of carbonyl (C=O) groups excluding carboxylic acids is 3. The Kier molecular flexibility index (Phi) is 7.99. The molecule has 1 atom stereocenters. The van der Waals surface area contributed by atoms with E-state index in [-0.39, 0.29) is 36.3 Å². The number of piperidine rings is 1. The van der Waals surface area contributed by atoms with Crippen molar-refractivity contribution in [2.24, 2.45) is 5.92 Å². The Bertz CT molecular complexity index is 681. The van der Waals surface area contributed by atoms with Crippen molar-refractivity contribution in [3.8, 4) is 0 Å². The van der Waals surface area contributed by atoms with E-state index >= 15 is 0 Å². The highest BCUT2D eigenvalue weighted by atomic mass is 16.5. The highest BCUT2D eigenvalue weighted by molar-refractivity contribution is 5.95. The van der Waals surface area contributed by atoms with Crippen LogP contribution in [-0.4, -0.2) is 66.9 Å². The van der Waals surface area contributed by atoms with Gasteiger partial charge in [-0.2, -0.15) is 0 Å². The zero-order chi connectivity index (χ0) is 20.7. The lowest BCUT2D eigenvalue weighted by Gasteiger charge is -2.35. The molecule has 7 heteroatoms. The normalized spacial score (nSPS) is 16.3. The molecule has 0 saturated carbocycles. The first-order valence-corrected chi connectivity index (χ1v) is 9.84. The molecule has 0 radical (unpaired) electrons. The number of rotatable bonds is 7. The first kappa shape index (κ1) is 21.9. The summed E-state index contributed by atoms with van der Waals surface area (Å²) in [4.78, 5) is 40.3. The van der Waals surface area contributed by atoms with Crippen LogP contribution in [0.4, 0.5) is 5.69 Å². The Labute approximate surface area is 167 Å². The highest BCUT2D eigenvalue weighted by Crippen LogP contribution is 2.21. The molecule has 0 unspecified atom stereocenters. The predicted molar refractivity (Wildman–Crippen MR) is 108 cm³/mol. The molecule has 1 aliphatic rings. The van der Waals surface area contributed by atoms with Crippen LogP contribution in [0, 0.1) is 12.8 Å². The number of hydrogen-bond acceptors (Lipinski definition) is 5. The number of likely N-dealkylation sites (tertiary alicyclic amines) is 1. The molecule has 28 heavy (non-hydrogen) atoms. The molecule has 1 aromatic carbocycles. The third-order valence-corrected chi connectivity index (χ3v) is 5.15. The van der Waals surface area contributed by atoms with E-state index in [2.05, 4.69) is 10.2 Å². The number of anilines is 1. The van der Waals surface area contributed by atoms with Gasteiger partial charge in [-0.25, -0.2) is 0 Å². The molecular weight excluding hydrogens is 358 g/mol. The molecule has 0 spiro atoms. The molecule has 1 aromatic rings. The molecule has 7 nitrogen and oxygen atoms in total. The van der Waals surface area contributed by atoms with Crippen molar-refractivity contribution in [3.63, 3.8) is 0 Å². The van der Waals surface area contributed by atoms with Crippen LogP contribution < -0.4 is 5.32 Å². The number of hydrogen-bond donors (Lipinski definition) is 1. The Hall–Kier alpha value is -2.41. The van der Waals surface area contributed by atoms with Crippen molar-refractivity contribution < 1.29 is 19.1 Å². The van der Waals surface area contributed by atoms with E-state index < -0.39 is 0 Å². The van der Waals surface area contributed by atoms with Gasteiger partial charge in [0.05, 0.1) is 25.1 Å². The van der Waals surface area contributed by atoms with Gasteiger partial charge < -0.3 is 15.0 Å². The second-order valence-electron chi connectivity index (χ2n) is 7.35. The highest BCUT2D eigenvalue weighted by Gasteiger charge is 2.31. The number of benzene rings is 1. The van der Waals surface area contributed by atoms with Crippen LogP contribution >= 0.6 is 0 Å². The lowest BCUT2D eigenvalue weighted by molar-refractivity contribution is -0.150. The molecule has 0 aliphatic carbocycles. The second kappa shape index (κ2) is 10.2. The maximum Gasteiger partial charge on any atom is 0.309 e. The fourth-order valence-corrected chi connectivity index (χ4v) is 3.39. The van der Waals surface area contributed by atoms with E-state index in [1.807, 2.05) is 38.1 Å². The van der Waals surface area contributed by atoms with Gasteiger partial charge in [-0.15, -0.1) is 0 Å². The van der Waals surface area contributed by atoms with Gasteiger partial charge in [-0.3, -0.25) is 19.3 Å². The minimum Gasteiger partial charge on any atom is -0.466 e. The van der Waals surface area contributed by atoms with Gasteiger partial charge in [0.15, 0.2) is 0 Å². The van der Waals surface area contributed by atoms with Crippen LogP contribution in [0.2, 0.25) is 0 Å². The quantitative estimate of drug-likeness (QED) is 0.722. The van der Waals surface area contributed by atoms with E-state index in [1.165, 1.54) is 4.90 Å². The zero-order valence-electron chi connectivity index (χ0n) is 17.2. The average molecular weight is 389 g/mol. The van der Waals surface area contributed by atoms with Gasteiger partial charge in [0.2, 0.25) is 11.8 Å². The predicted octanol–water partition coefficient (Wildman–Crippen LogP) is 2.06. The van der Waals surface area contributed by atoms with Crippen molar-refractivity contribution in [2.45, 2.75) is 39.7 Å². The lowest BCUT2D eigenvalue weighted by atomic mass is 9.96. The molecule has 1 fully saturated rings. The largest absolute Gasteiger partial charge is 0.466 e. The first-order chi connectivity index (χ1) is 13.3. The van der Waals surface area contributed by atoms with Crippen LogP contribution in [0.5, 0.6) is 0 Å². The van der Waals surface area contributed by atoms with Crippen LogP contribution in [-0.2, 0) is 19.1 Å². The maximum atomic E-state index is 12.7. The minimum absolute atomic E-state index is 0.00363. The molecule has 1 saturated heterocycles. The smallest absolute Gasteiger partial charge is 0.309 e. The van der Waals surface area contributed by atoms with Gasteiger partial charge in [0.1, 0.15) is 0 Å². The van der Waals surface area contributed by atoms with E-state index in [0.717, 1.165) is 5.56 Å². The monoisotopic (exact) mass is 389 g/mol. The summed E-state index contributed by atoms with van der Waals surface area (Å²) < 4.78 is 5.08. The van der Waals surface area contributed by atoms with Crippen LogP contribution in [0.15, 0.2) is 24.3 Å². The summed E-state index contributed by atoms with van der Waals surface area (Å²) in [6.07, 6.45) is 1.38. The van der Waals surface area contributed by atoms with Crippen molar-refractivity contribution in [1.82, 2.24) is 9.80 Å². The van der Waals surface area contributed by atoms with E-state index in [9.17, 15) is 14.4 Å². The summed E-state index contributed by atoms with van der Waals surface area (Å²) in [5.74, 6) is -0.566. The van der Waals surface area contributed by atoms with Gasteiger partial charge >= 0.3 is 5.97 Å². The van der Waals surface area contributed by atoms with E-state index in [0.29, 0.717) is 38.2 Å². The fourth-order valence-electron chi connectivity index (χ4n) is 3.39. The number of carbonyl (C=O) groups is 3. The van der Waals surface area contributed by atoms with Crippen molar-refractivity contribution in [2.75, 3.05) is 38.6 Å². The molecule has 2 amide bonds. The lowest BCUT2D eigenvalue weighted by Crippen LogP contribution is -2.50. The van der Waals surface area contributed by atoms with Crippen molar-refractivity contribution in [3.05, 3.63) is 29.8 Å². The van der Waals surface area contributed by atoms with Crippen LogP contribution in [0.3, 0.4) is 0 Å². The number of nitrogens with zero attached hydrogens (tertiary/aromatic N) is 2. The Morgan fingerprint density at radius 2 is 1.82 bits per heavy atom. The summed E-state index contributed by atoms with van der Waals surface area (Å²) in [5, 5.41) is 2.81. The number of aryl methyl sites for hydroxylation is 1. The minimum atomic E-state index is -0.333. The SMILES string of the molecule is CCOC(=O)C1CCN([C@@H](C)C(=O)N(C)CC(=O)Nc2ccc(C)cc2)CC1. The molecule has 0 aromatic heterocycles. The van der Waals surface area contributed by atoms with Crippen molar-refractivity contribution >= 4 is 23.5 Å². The number of ether oxygens (including phenoxy) is 1. The van der Waals surface area contributed by atoms with Crippen LogP contribution in [0.25, 0.3) is 0 Å². The third-order valence-electron chi connectivity index (χ3n) is 5.15. The molecule has 1 heterocycles. The summed E-state index contributed by atoms with van der Waals surface area (Å²) in [6.45, 7) is 7.36. The summed E-state index contributed by atoms with van der Waals surface area (Å²) in [6, 6.07) is 7.19. The van der Waals surface area contributed by atoms with Gasteiger partial charge in [-0.1, -0.05) is 17.7 Å². The third kappa shape index (κ3) is 6.05. The molecular formula is C21H31N3O4. The standard InChI is InChI=1S/C21H31N3O4/c1-5-28-21(27)17-10-12-24(13-11-17)16(3)20(26)23(4)14-19(25)22-18-8-6-15(2)7-9-18/h6-9,16-17H,5,10-14H2,1-4H3,(H,22,25)/t16-/m0/s1. The van der Waals surface area contributed by atoms with E-state index in [1.54, 1.807) is 14.0 Å². The number of esters is 1. The topological polar surface area (TPSA) is 79.0 Å². The Morgan fingerprint density at radius 1 is 1.21 bits per heavy atom. The average Bonchev–Trinajstić information content (AvgIpc) is 2.68. The maximum absolute atomic E-state index is 12.7.